The lowest BCUT2D eigenvalue weighted by Crippen LogP contribution is -2.52. The highest BCUT2D eigenvalue weighted by Gasteiger charge is 2.85. The number of benzene rings is 6. The van der Waals surface area contributed by atoms with Crippen LogP contribution in [0.1, 0.15) is 22.3 Å². The summed E-state index contributed by atoms with van der Waals surface area (Å²) in [7, 11) is -15.5. The molecule has 0 radical (unpaired) electrons. The van der Waals surface area contributed by atoms with E-state index < -0.39 is 117 Å². The normalized spacial score (nSPS) is 15.9. The summed E-state index contributed by atoms with van der Waals surface area (Å²) >= 11 is 0. The molecule has 1 aliphatic rings. The Labute approximate surface area is 365 Å². The van der Waals surface area contributed by atoms with Gasteiger partial charge in [0, 0.05) is 12.1 Å². The maximum absolute atomic E-state index is 14.9. The van der Waals surface area contributed by atoms with E-state index in [2.05, 4.69) is 14.6 Å². The molecule has 1 fully saturated rings. The van der Waals surface area contributed by atoms with Crippen LogP contribution in [-0.2, 0) is 24.7 Å². The quantitative estimate of drug-likeness (QED) is 0.0819. The Morgan fingerprint density at radius 1 is 0.288 bits per heavy atom. The first-order valence-electron chi connectivity index (χ1n) is 18.2. The standard InChI is InChI=1S/C40H27F14N3O6P3/c41-29-11-5-17-35(23-29)62-66(63-36-18-6-12-30(42)24-36)56-64(58-31-13-1-7-25(19-31)37(43,44)45,59-32-14-2-8-26(20-32)38(46,47)48)55-65(57-66,60-33-15-3-9-27(21-33)39(49,50)51)61-34-16-4-10-28(22-34)40(52,53)54/h1-24,55-57H/q+3. The third-order valence-corrected chi connectivity index (χ3v) is 17.6. The number of hydrogen-bond donors (Lipinski definition) is 3. The third-order valence-electron chi connectivity index (χ3n) is 8.43. The maximum atomic E-state index is 14.9. The van der Waals surface area contributed by atoms with E-state index in [4.69, 9.17) is 27.1 Å². The van der Waals surface area contributed by atoms with Crippen LogP contribution in [0.25, 0.3) is 0 Å². The molecule has 0 saturated carbocycles. The third kappa shape index (κ3) is 12.0. The molecule has 9 nitrogen and oxygen atoms in total. The molecule has 1 heterocycles. The average Bonchev–Trinajstić information content (AvgIpc) is 3.19. The molecule has 0 aliphatic carbocycles. The summed E-state index contributed by atoms with van der Waals surface area (Å²) in [5.74, 6) is -6.14. The lowest BCUT2D eigenvalue weighted by atomic mass is 10.2. The molecule has 348 valence electrons. The number of rotatable bonds is 12. The van der Waals surface area contributed by atoms with Crippen molar-refractivity contribution in [1.82, 2.24) is 14.6 Å². The second kappa shape index (κ2) is 18.2. The van der Waals surface area contributed by atoms with Crippen molar-refractivity contribution in [3.05, 3.63) is 179 Å². The van der Waals surface area contributed by atoms with Crippen LogP contribution in [0.3, 0.4) is 0 Å². The zero-order valence-electron chi connectivity index (χ0n) is 32.4. The van der Waals surface area contributed by atoms with Crippen LogP contribution < -0.4 is 41.7 Å². The van der Waals surface area contributed by atoms with Crippen molar-refractivity contribution in [2.24, 2.45) is 0 Å². The van der Waals surface area contributed by atoms with Gasteiger partial charge in [0.05, 0.1) is 22.3 Å². The number of nitrogens with one attached hydrogen (secondary N) is 3. The Morgan fingerprint density at radius 3 is 0.682 bits per heavy atom. The van der Waals surface area contributed by atoms with Crippen LogP contribution in [0.15, 0.2) is 146 Å². The largest absolute Gasteiger partial charge is 0.600 e. The van der Waals surface area contributed by atoms with E-state index in [1.165, 1.54) is 0 Å². The van der Waals surface area contributed by atoms with E-state index in [9.17, 15) is 61.5 Å². The topological polar surface area (TPSA) is 91.5 Å². The summed E-state index contributed by atoms with van der Waals surface area (Å²) < 4.78 is 236. The molecule has 0 unspecified atom stereocenters. The van der Waals surface area contributed by atoms with Crippen LogP contribution in [0.2, 0.25) is 0 Å². The minimum atomic E-state index is -5.21. The molecule has 66 heavy (non-hydrogen) atoms. The Bertz CT molecular complexity index is 2390. The van der Waals surface area contributed by atoms with Crippen LogP contribution in [0.5, 0.6) is 34.5 Å². The number of alkyl halides is 12. The van der Waals surface area contributed by atoms with E-state index >= 15 is 0 Å². The second-order valence-corrected chi connectivity index (χ2v) is 20.3. The molecule has 0 aromatic heterocycles. The average molecular weight is 1000 g/mol. The Hall–Kier alpha value is -5.69. The second-order valence-electron chi connectivity index (χ2n) is 13.5. The van der Waals surface area contributed by atoms with Gasteiger partial charge in [-0.15, -0.1) is 0 Å². The molecule has 0 atom stereocenters. The first-order chi connectivity index (χ1) is 30.8. The maximum Gasteiger partial charge on any atom is 0.600 e. The van der Waals surface area contributed by atoms with E-state index in [0.717, 1.165) is 97.1 Å². The molecule has 1 saturated heterocycles. The van der Waals surface area contributed by atoms with Gasteiger partial charge >= 0.3 is 48.8 Å². The van der Waals surface area contributed by atoms with Crippen LogP contribution in [0.4, 0.5) is 61.5 Å². The Balaban J connectivity index is 1.55. The Kier molecular flexibility index (Phi) is 13.3. The summed E-state index contributed by atoms with van der Waals surface area (Å²) in [5.41, 5.74) is -5.44. The van der Waals surface area contributed by atoms with Gasteiger partial charge in [-0.05, 0) is 97.1 Å². The van der Waals surface area contributed by atoms with Gasteiger partial charge in [0.1, 0.15) is 26.2 Å². The van der Waals surface area contributed by atoms with E-state index in [0.29, 0.717) is 48.5 Å². The van der Waals surface area contributed by atoms with Crippen molar-refractivity contribution in [1.29, 1.82) is 0 Å². The molecule has 0 amide bonds. The monoisotopic (exact) mass is 1000 g/mol. The van der Waals surface area contributed by atoms with Crippen molar-refractivity contribution in [2.75, 3.05) is 0 Å². The van der Waals surface area contributed by atoms with Gasteiger partial charge in [0.15, 0.2) is 34.5 Å². The summed E-state index contributed by atoms with van der Waals surface area (Å²) in [6, 6.07) is 18.9. The van der Waals surface area contributed by atoms with E-state index in [-0.39, 0.29) is 0 Å². The highest BCUT2D eigenvalue weighted by atomic mass is 31.3. The predicted molar refractivity (Wildman–Crippen MR) is 213 cm³/mol. The Morgan fingerprint density at radius 2 is 0.485 bits per heavy atom. The molecule has 26 heteroatoms. The summed E-state index contributed by atoms with van der Waals surface area (Å²) in [4.78, 5) is 7.84. The van der Waals surface area contributed by atoms with Crippen LogP contribution in [-0.4, -0.2) is 0 Å². The fourth-order valence-corrected chi connectivity index (χ4v) is 16.2. The zero-order valence-corrected chi connectivity index (χ0v) is 35.1. The summed E-state index contributed by atoms with van der Waals surface area (Å²) in [6.07, 6.45) is -20.2. The van der Waals surface area contributed by atoms with Gasteiger partial charge in [0.2, 0.25) is 0 Å². The van der Waals surface area contributed by atoms with Crippen molar-refractivity contribution in [2.45, 2.75) is 24.7 Å². The van der Waals surface area contributed by atoms with Crippen LogP contribution >= 0.6 is 24.1 Å². The minimum Gasteiger partial charge on any atom is -0.268 e. The van der Waals surface area contributed by atoms with Gasteiger partial charge in [-0.1, -0.05) is 36.4 Å². The summed E-state index contributed by atoms with van der Waals surface area (Å²) in [5, 5.41) is 0. The SMILES string of the molecule is Fc1cccc(O[P+]2(Oc3cccc(F)c3)N[P+](Oc3cccc(C(F)(F)F)c3)(Oc3cccc(C(F)(F)F)c3)N[P+](Oc3cccc(C(F)(F)F)c3)(Oc3cccc(C(F)(F)F)c3)N2)c1. The highest BCUT2D eigenvalue weighted by Crippen LogP contribution is 2.80. The lowest BCUT2D eigenvalue weighted by molar-refractivity contribution is -0.138. The first-order valence-corrected chi connectivity index (χ1v) is 23.1. The molecular weight excluding hydrogens is 977 g/mol. The highest BCUT2D eigenvalue weighted by molar-refractivity contribution is 7.93. The molecule has 1 aliphatic heterocycles. The molecule has 6 aromatic carbocycles. The van der Waals surface area contributed by atoms with Crippen molar-refractivity contribution < 1.29 is 88.6 Å². The lowest BCUT2D eigenvalue weighted by Gasteiger charge is -2.34. The number of hydrogen-bond acceptors (Lipinski definition) is 9. The van der Waals surface area contributed by atoms with Gasteiger partial charge in [-0.2, -0.15) is 52.7 Å². The summed E-state index contributed by atoms with van der Waals surface area (Å²) in [6.45, 7) is 0. The van der Waals surface area contributed by atoms with Gasteiger partial charge in [-0.25, -0.2) is 8.78 Å². The molecular formula is C40H27F14N3O6P3+3. The molecule has 6 aromatic rings. The molecule has 7 rings (SSSR count). The van der Waals surface area contributed by atoms with Crippen molar-refractivity contribution >= 4 is 24.1 Å². The van der Waals surface area contributed by atoms with Crippen molar-refractivity contribution in [3.63, 3.8) is 0 Å². The molecule has 0 bridgehead atoms. The van der Waals surface area contributed by atoms with Crippen molar-refractivity contribution in [3.8, 4) is 34.5 Å². The number of halogens is 14. The van der Waals surface area contributed by atoms with Gasteiger partial charge in [0.25, 0.3) is 0 Å². The van der Waals surface area contributed by atoms with E-state index in [1.807, 2.05) is 0 Å². The van der Waals surface area contributed by atoms with Gasteiger partial charge < -0.3 is 0 Å². The fraction of sp³-hybridized carbons (Fsp3) is 0.100. The zero-order chi connectivity index (χ0) is 47.8. The first kappa shape index (κ1) is 48.2. The van der Waals surface area contributed by atoms with Crippen LogP contribution in [0, 0.1) is 11.6 Å². The molecule has 0 spiro atoms. The molecule has 3 N–H and O–H groups in total. The van der Waals surface area contributed by atoms with E-state index in [1.54, 1.807) is 0 Å². The van der Waals surface area contributed by atoms with Gasteiger partial charge in [-0.3, -0.25) is 27.1 Å². The minimum absolute atomic E-state index is 0.408. The fourth-order valence-electron chi connectivity index (χ4n) is 5.74. The predicted octanol–water partition coefficient (Wildman–Crippen LogP) is 14.6. The smallest absolute Gasteiger partial charge is 0.268 e.